The molecule has 0 bridgehead atoms. The number of rotatable bonds is 30. The molecule has 0 aromatic heterocycles. The molecule has 4 rings (SSSR count). The van der Waals surface area contributed by atoms with Crippen LogP contribution in [-0.4, -0.2) is 105 Å². The van der Waals surface area contributed by atoms with Gasteiger partial charge < -0.3 is 47.1 Å². The molecule has 352 valence electrons. The Kier molecular flexibility index (Phi) is 25.5. The van der Waals surface area contributed by atoms with Crippen molar-refractivity contribution >= 4 is 29.5 Å². The first kappa shape index (κ1) is 51.4. The number of amides is 5. The number of nitrogens with one attached hydrogen (secondary N) is 4. The Hall–Kier alpha value is -3.25. The van der Waals surface area contributed by atoms with Gasteiger partial charge in [0.2, 0.25) is 29.5 Å². The fraction of sp³-hybridized carbons (Fsp3) is 0.854. The summed E-state index contributed by atoms with van der Waals surface area (Å²) in [5.74, 6) is 8.40. The molecule has 5 amide bonds. The summed E-state index contributed by atoms with van der Waals surface area (Å²) < 4.78 is 11.9. The summed E-state index contributed by atoms with van der Waals surface area (Å²) in [5, 5.41) is 12.4. The fourth-order valence-corrected chi connectivity index (χ4v) is 9.57. The van der Waals surface area contributed by atoms with Crippen LogP contribution in [0, 0.1) is 35.5 Å². The summed E-state index contributed by atoms with van der Waals surface area (Å²) in [6.07, 6.45) is 21.9. The highest BCUT2D eigenvalue weighted by atomic mass is 16.5. The molecule has 14 heteroatoms. The van der Waals surface area contributed by atoms with Gasteiger partial charge in [0, 0.05) is 82.3 Å². The molecule has 0 radical (unpaired) electrons. The third kappa shape index (κ3) is 21.4. The van der Waals surface area contributed by atoms with Crippen molar-refractivity contribution in [3.63, 3.8) is 0 Å². The number of carbonyl (C=O) groups is 5. The zero-order valence-corrected chi connectivity index (χ0v) is 38.0. The van der Waals surface area contributed by atoms with Crippen LogP contribution in [0.5, 0.6) is 0 Å². The van der Waals surface area contributed by atoms with Crippen LogP contribution in [0.1, 0.15) is 167 Å². The molecule has 1 heterocycles. The van der Waals surface area contributed by atoms with Crippen molar-refractivity contribution in [3.8, 4) is 11.8 Å². The number of unbranched alkanes of at least 4 members (excludes halogenated alkanes) is 5. The van der Waals surface area contributed by atoms with Gasteiger partial charge in [0.15, 0.2) is 6.23 Å². The minimum absolute atomic E-state index is 0.0438. The molecule has 5 atom stereocenters. The lowest BCUT2D eigenvalue weighted by Gasteiger charge is -2.43. The highest BCUT2D eigenvalue weighted by Crippen LogP contribution is 2.36. The zero-order chi connectivity index (χ0) is 44.2. The first-order valence-corrected chi connectivity index (χ1v) is 24.7. The van der Waals surface area contributed by atoms with E-state index in [0.717, 1.165) is 148 Å². The van der Waals surface area contributed by atoms with Crippen molar-refractivity contribution in [2.45, 2.75) is 185 Å². The van der Waals surface area contributed by atoms with Gasteiger partial charge in [-0.1, -0.05) is 50.4 Å². The lowest BCUT2D eigenvalue weighted by molar-refractivity contribution is -0.139. The Morgan fingerprint density at radius 1 is 0.629 bits per heavy atom. The number of fused-ring (bicyclic) bond motifs is 2. The first-order valence-electron chi connectivity index (χ1n) is 24.7. The van der Waals surface area contributed by atoms with Gasteiger partial charge in [-0.15, -0.1) is 0 Å². The lowest BCUT2D eigenvalue weighted by atomic mass is 9.75. The van der Waals surface area contributed by atoms with Gasteiger partial charge in [0.25, 0.3) is 0 Å². The number of nitrogens with two attached hydrogens (primary N) is 2. The van der Waals surface area contributed by atoms with E-state index in [2.05, 4.69) is 38.0 Å². The van der Waals surface area contributed by atoms with Crippen molar-refractivity contribution in [1.82, 2.24) is 26.2 Å². The third-order valence-electron chi connectivity index (χ3n) is 13.4. The predicted molar refractivity (Wildman–Crippen MR) is 242 cm³/mol. The number of primary amides is 1. The maximum Gasteiger partial charge on any atom is 0.223 e. The second-order valence-electron chi connectivity index (χ2n) is 18.5. The number of ether oxygens (including phenoxy) is 2. The highest BCUT2D eigenvalue weighted by Gasteiger charge is 2.37. The van der Waals surface area contributed by atoms with Gasteiger partial charge in [0.05, 0.1) is 13.2 Å². The van der Waals surface area contributed by atoms with E-state index in [9.17, 15) is 24.0 Å². The molecule has 3 aliphatic carbocycles. The Balaban J connectivity index is 1.12. The summed E-state index contributed by atoms with van der Waals surface area (Å²) in [4.78, 5) is 64.9. The number of carbonyl (C=O) groups excluding carboxylic acids is 5. The SMILES string of the molecule is NC(=O)CCCCCNCCCCOC(COCCC(=O)NCCCCCC(=O)NCCC1CCC(N)CC1)NC(=O)CCC(=O)N1CC2CCCCC2C#CC2CCCCC21. The third-order valence-corrected chi connectivity index (χ3v) is 13.4. The van der Waals surface area contributed by atoms with Crippen LogP contribution >= 0.6 is 0 Å². The van der Waals surface area contributed by atoms with Gasteiger partial charge in [-0.05, 0) is 121 Å². The Bertz CT molecular complexity index is 1400. The van der Waals surface area contributed by atoms with Crippen molar-refractivity contribution in [2.24, 2.45) is 35.1 Å². The predicted octanol–water partition coefficient (Wildman–Crippen LogP) is 4.96. The van der Waals surface area contributed by atoms with Crippen molar-refractivity contribution in [1.29, 1.82) is 0 Å². The maximum absolute atomic E-state index is 13.9. The van der Waals surface area contributed by atoms with Crippen LogP contribution in [0.2, 0.25) is 0 Å². The molecule has 4 aliphatic rings. The molecule has 0 saturated heterocycles. The monoisotopic (exact) mass is 870 g/mol. The Labute approximate surface area is 373 Å². The van der Waals surface area contributed by atoms with Crippen LogP contribution in [-0.2, 0) is 33.4 Å². The molecular weight excluding hydrogens is 787 g/mol. The molecule has 3 fully saturated rings. The van der Waals surface area contributed by atoms with Gasteiger partial charge in [-0.25, -0.2) is 0 Å². The number of hydrogen-bond donors (Lipinski definition) is 6. The normalized spacial score (nSPS) is 23.9. The molecule has 3 saturated carbocycles. The van der Waals surface area contributed by atoms with Gasteiger partial charge in [-0.2, -0.15) is 0 Å². The van der Waals surface area contributed by atoms with E-state index >= 15 is 0 Å². The molecule has 0 aromatic carbocycles. The first-order chi connectivity index (χ1) is 30.2. The van der Waals surface area contributed by atoms with Crippen molar-refractivity contribution in [3.05, 3.63) is 0 Å². The van der Waals surface area contributed by atoms with E-state index in [1.165, 1.54) is 12.8 Å². The molecule has 8 N–H and O–H groups in total. The number of hydrogen-bond acceptors (Lipinski definition) is 9. The van der Waals surface area contributed by atoms with Gasteiger partial charge in [-0.3, -0.25) is 24.0 Å². The molecule has 0 spiro atoms. The van der Waals surface area contributed by atoms with Crippen molar-refractivity contribution < 1.29 is 33.4 Å². The topological polar surface area (TPSA) is 207 Å². The molecular formula is C48H83N7O7. The minimum Gasteiger partial charge on any atom is -0.376 e. The van der Waals surface area contributed by atoms with Crippen LogP contribution in [0.4, 0.5) is 0 Å². The summed E-state index contributed by atoms with van der Waals surface area (Å²) >= 11 is 0. The molecule has 14 nitrogen and oxygen atoms in total. The van der Waals surface area contributed by atoms with Crippen LogP contribution in [0.3, 0.4) is 0 Å². The second-order valence-corrected chi connectivity index (χ2v) is 18.5. The van der Waals surface area contributed by atoms with E-state index < -0.39 is 6.23 Å². The summed E-state index contributed by atoms with van der Waals surface area (Å²) in [5.41, 5.74) is 11.2. The maximum atomic E-state index is 13.9. The van der Waals surface area contributed by atoms with Crippen LogP contribution < -0.4 is 32.7 Å². The van der Waals surface area contributed by atoms with Crippen LogP contribution in [0.25, 0.3) is 0 Å². The summed E-state index contributed by atoms with van der Waals surface area (Å²) in [7, 11) is 0. The molecule has 1 aliphatic heterocycles. The minimum atomic E-state index is -0.704. The highest BCUT2D eigenvalue weighted by molar-refractivity contribution is 5.84. The van der Waals surface area contributed by atoms with Crippen LogP contribution in [0.15, 0.2) is 0 Å². The average molecular weight is 870 g/mol. The zero-order valence-electron chi connectivity index (χ0n) is 38.0. The second kappa shape index (κ2) is 30.8. The van der Waals surface area contributed by atoms with E-state index in [-0.39, 0.29) is 74.0 Å². The summed E-state index contributed by atoms with van der Waals surface area (Å²) in [6, 6.07) is 0.477. The fourth-order valence-electron chi connectivity index (χ4n) is 9.57. The van der Waals surface area contributed by atoms with Gasteiger partial charge in [0.1, 0.15) is 0 Å². The average Bonchev–Trinajstić information content (AvgIpc) is 3.26. The van der Waals surface area contributed by atoms with E-state index in [4.69, 9.17) is 20.9 Å². The van der Waals surface area contributed by atoms with E-state index in [0.29, 0.717) is 49.8 Å². The van der Waals surface area contributed by atoms with E-state index in [1.807, 2.05) is 0 Å². The molecule has 62 heavy (non-hydrogen) atoms. The molecule has 0 aromatic rings. The van der Waals surface area contributed by atoms with Crippen molar-refractivity contribution in [2.75, 3.05) is 52.5 Å². The number of nitrogens with zero attached hydrogens (tertiary/aromatic N) is 1. The van der Waals surface area contributed by atoms with Gasteiger partial charge >= 0.3 is 0 Å². The lowest BCUT2D eigenvalue weighted by Crippen LogP contribution is -2.50. The standard InChI is InChI=1S/C48H83N7O7/c49-41-23-19-37(20-24-41)27-32-53-44(57)18-4-2-10-31-52-45(58)28-34-61-36-47(62-33-12-11-30-51-29-9-1-3-17-43(50)56)54-46(59)25-26-48(60)55-35-40-15-6-5-13-38(40)21-22-39-14-7-8-16-42(39)55/h37-42,47,51H,1-20,23-36,49H2,(H2,50,56)(H,52,58)(H,53,57)(H,54,59). The van der Waals surface area contributed by atoms with E-state index in [1.54, 1.807) is 0 Å². The summed E-state index contributed by atoms with van der Waals surface area (Å²) in [6.45, 7) is 4.42. The quantitative estimate of drug-likeness (QED) is 0.0327. The smallest absolute Gasteiger partial charge is 0.223 e. The largest absolute Gasteiger partial charge is 0.376 e. The molecule has 5 unspecified atom stereocenters. The Morgan fingerprint density at radius 3 is 2.08 bits per heavy atom. The Morgan fingerprint density at radius 2 is 1.29 bits per heavy atom.